The van der Waals surface area contributed by atoms with E-state index in [1.165, 1.54) is 33.0 Å². The number of hydrogen-bond acceptors (Lipinski definition) is 7. The molecular weight excluding hydrogens is 435 g/mol. The Balaban J connectivity index is 1.56. The minimum atomic E-state index is -3.99. The van der Waals surface area contributed by atoms with Crippen molar-refractivity contribution in [2.45, 2.75) is 24.2 Å². The molecule has 0 spiro atoms. The number of aromatic nitrogens is 2. The molecule has 7 nitrogen and oxygen atoms in total. The van der Waals surface area contributed by atoms with Crippen LogP contribution in [-0.2, 0) is 10.0 Å². The van der Waals surface area contributed by atoms with Crippen molar-refractivity contribution in [3.8, 4) is 10.6 Å². The van der Waals surface area contributed by atoms with Crippen molar-refractivity contribution in [2.75, 3.05) is 18.4 Å². The maximum Gasteiger partial charge on any atom is 0.257 e. The largest absolute Gasteiger partial charge is 0.296 e. The second-order valence-electron chi connectivity index (χ2n) is 6.49. The van der Waals surface area contributed by atoms with E-state index in [9.17, 15) is 17.6 Å². The average molecular weight is 453 g/mol. The second-order valence-corrected chi connectivity index (χ2v) is 10.2. The number of carbonyl (C=O) groups excluding carboxylic acids is 1. The standard InChI is InChI=1S/C18H17FN4O3S3/c19-14-5-4-12(10-15(14)29(25,26)23-7-2-1-3-8-23)16(24)20-18-22-21-17(28-18)13-6-9-27-11-13/h4-6,9-11H,1-3,7-8H2,(H,20,22,24). The van der Waals surface area contributed by atoms with Crippen LogP contribution in [0.1, 0.15) is 29.6 Å². The van der Waals surface area contributed by atoms with Crippen molar-refractivity contribution >= 4 is 43.7 Å². The lowest BCUT2D eigenvalue weighted by atomic mass is 10.2. The number of halogens is 1. The zero-order chi connectivity index (χ0) is 20.4. The summed E-state index contributed by atoms with van der Waals surface area (Å²) in [6.07, 6.45) is 2.43. The number of benzene rings is 1. The van der Waals surface area contributed by atoms with Gasteiger partial charge in [-0.15, -0.1) is 10.2 Å². The van der Waals surface area contributed by atoms with Gasteiger partial charge in [-0.1, -0.05) is 17.8 Å². The highest BCUT2D eigenvalue weighted by molar-refractivity contribution is 7.89. The summed E-state index contributed by atoms with van der Waals surface area (Å²) in [4.78, 5) is 12.1. The first-order chi connectivity index (χ1) is 13.9. The average Bonchev–Trinajstić information content (AvgIpc) is 3.40. The van der Waals surface area contributed by atoms with Gasteiger partial charge < -0.3 is 0 Å². The Hall–Kier alpha value is -2.21. The highest BCUT2D eigenvalue weighted by Crippen LogP contribution is 2.29. The Morgan fingerprint density at radius 3 is 2.66 bits per heavy atom. The Kier molecular flexibility index (Phi) is 5.72. The van der Waals surface area contributed by atoms with Crippen molar-refractivity contribution in [1.29, 1.82) is 0 Å². The first-order valence-corrected chi connectivity index (χ1v) is 12.1. The number of sulfonamides is 1. The molecule has 0 bridgehead atoms. The summed E-state index contributed by atoms with van der Waals surface area (Å²) >= 11 is 2.73. The van der Waals surface area contributed by atoms with Crippen molar-refractivity contribution in [3.05, 3.63) is 46.4 Å². The van der Waals surface area contributed by atoms with E-state index < -0.39 is 26.6 Å². The Morgan fingerprint density at radius 2 is 1.93 bits per heavy atom. The van der Waals surface area contributed by atoms with Gasteiger partial charge in [-0.25, -0.2) is 12.8 Å². The summed E-state index contributed by atoms with van der Waals surface area (Å²) in [6.45, 7) is 0.711. The molecule has 0 aliphatic carbocycles. The van der Waals surface area contributed by atoms with Crippen LogP contribution in [0.2, 0.25) is 0 Å². The lowest BCUT2D eigenvalue weighted by Crippen LogP contribution is -2.36. The van der Waals surface area contributed by atoms with Crippen LogP contribution in [0.25, 0.3) is 10.6 Å². The Morgan fingerprint density at radius 1 is 1.14 bits per heavy atom. The minimum absolute atomic E-state index is 0.0364. The van der Waals surface area contributed by atoms with Crippen molar-refractivity contribution < 1.29 is 17.6 Å². The maximum atomic E-state index is 14.3. The number of nitrogens with zero attached hydrogens (tertiary/aromatic N) is 3. The molecule has 29 heavy (non-hydrogen) atoms. The van der Waals surface area contributed by atoms with Crippen LogP contribution in [0.4, 0.5) is 9.52 Å². The van der Waals surface area contributed by atoms with E-state index in [1.54, 1.807) is 0 Å². The Labute approximate surface area is 175 Å². The number of hydrogen-bond donors (Lipinski definition) is 1. The molecule has 1 aliphatic heterocycles. The van der Waals surface area contributed by atoms with Gasteiger partial charge in [-0.3, -0.25) is 10.1 Å². The Bertz CT molecular complexity index is 1120. The summed E-state index contributed by atoms with van der Waals surface area (Å²) in [5.41, 5.74) is 0.943. The number of piperidine rings is 1. The first-order valence-electron chi connectivity index (χ1n) is 8.92. The molecular formula is C18H17FN4O3S3. The molecule has 1 N–H and O–H groups in total. The molecule has 1 fully saturated rings. The molecule has 3 aromatic rings. The monoisotopic (exact) mass is 452 g/mol. The van der Waals surface area contributed by atoms with Crippen molar-refractivity contribution in [2.24, 2.45) is 0 Å². The quantitative estimate of drug-likeness (QED) is 0.635. The van der Waals surface area contributed by atoms with Crippen molar-refractivity contribution in [1.82, 2.24) is 14.5 Å². The SMILES string of the molecule is O=C(Nc1nnc(-c2ccsc2)s1)c1ccc(F)c(S(=O)(=O)N2CCCCC2)c1. The molecule has 2 aromatic heterocycles. The van der Waals surface area contributed by atoms with E-state index in [-0.39, 0.29) is 10.7 Å². The molecule has 11 heteroatoms. The summed E-state index contributed by atoms with van der Waals surface area (Å²) in [6, 6.07) is 5.23. The lowest BCUT2D eigenvalue weighted by Gasteiger charge is -2.26. The summed E-state index contributed by atoms with van der Waals surface area (Å²) in [7, 11) is -3.99. The molecule has 0 unspecified atom stereocenters. The molecule has 0 radical (unpaired) electrons. The molecule has 4 rings (SSSR count). The van der Waals surface area contributed by atoms with E-state index in [0.717, 1.165) is 37.0 Å². The zero-order valence-corrected chi connectivity index (χ0v) is 17.6. The van der Waals surface area contributed by atoms with Crippen LogP contribution in [0.5, 0.6) is 0 Å². The van der Waals surface area contributed by atoms with Crippen LogP contribution < -0.4 is 5.32 Å². The van der Waals surface area contributed by atoms with Crippen LogP contribution in [0, 0.1) is 5.82 Å². The number of anilines is 1. The predicted molar refractivity (Wildman–Crippen MR) is 110 cm³/mol. The normalized spacial score (nSPS) is 15.3. The summed E-state index contributed by atoms with van der Waals surface area (Å²) in [5.74, 6) is -1.45. The van der Waals surface area contributed by atoms with E-state index in [1.807, 2.05) is 16.8 Å². The third-order valence-electron chi connectivity index (χ3n) is 4.54. The summed E-state index contributed by atoms with van der Waals surface area (Å²) < 4.78 is 41.2. The highest BCUT2D eigenvalue weighted by atomic mass is 32.2. The van der Waals surface area contributed by atoms with Crippen LogP contribution in [0.15, 0.2) is 39.9 Å². The third kappa shape index (κ3) is 4.22. The lowest BCUT2D eigenvalue weighted by molar-refractivity contribution is 0.102. The smallest absolute Gasteiger partial charge is 0.257 e. The number of thiophene rings is 1. The predicted octanol–water partition coefficient (Wildman–Crippen LogP) is 3.83. The van der Waals surface area contributed by atoms with Crippen LogP contribution in [0.3, 0.4) is 0 Å². The summed E-state index contributed by atoms with van der Waals surface area (Å²) in [5, 5.41) is 15.3. The fourth-order valence-corrected chi connectivity index (χ4v) is 6.09. The molecule has 1 saturated heterocycles. The topological polar surface area (TPSA) is 92.3 Å². The van der Waals surface area contributed by atoms with Gasteiger partial charge in [0, 0.05) is 29.6 Å². The number of amides is 1. The minimum Gasteiger partial charge on any atom is -0.296 e. The van der Waals surface area contributed by atoms with Gasteiger partial charge in [0.2, 0.25) is 15.2 Å². The van der Waals surface area contributed by atoms with E-state index in [0.29, 0.717) is 18.1 Å². The zero-order valence-electron chi connectivity index (χ0n) is 15.2. The fourth-order valence-electron chi connectivity index (χ4n) is 3.03. The molecule has 152 valence electrons. The first kappa shape index (κ1) is 20.1. The molecule has 1 aromatic carbocycles. The van der Waals surface area contributed by atoms with Gasteiger partial charge in [0.1, 0.15) is 15.7 Å². The van der Waals surface area contributed by atoms with E-state index in [4.69, 9.17) is 0 Å². The number of carbonyl (C=O) groups is 1. The van der Waals surface area contributed by atoms with E-state index in [2.05, 4.69) is 15.5 Å². The maximum absolute atomic E-state index is 14.3. The molecule has 1 aliphatic rings. The van der Waals surface area contributed by atoms with Crippen LogP contribution in [-0.4, -0.2) is 41.9 Å². The molecule has 1 amide bonds. The molecule has 0 saturated carbocycles. The van der Waals surface area contributed by atoms with Crippen molar-refractivity contribution in [3.63, 3.8) is 0 Å². The molecule has 3 heterocycles. The van der Waals surface area contributed by atoms with Gasteiger partial charge >= 0.3 is 0 Å². The second kappa shape index (κ2) is 8.27. The van der Waals surface area contributed by atoms with Gasteiger partial charge in [-0.05, 0) is 42.5 Å². The van der Waals surface area contributed by atoms with Gasteiger partial charge in [0.25, 0.3) is 5.91 Å². The van der Waals surface area contributed by atoms with Crippen LogP contribution >= 0.6 is 22.7 Å². The van der Waals surface area contributed by atoms with Gasteiger partial charge in [-0.2, -0.15) is 15.6 Å². The van der Waals surface area contributed by atoms with E-state index >= 15 is 0 Å². The molecule has 0 atom stereocenters. The van der Waals surface area contributed by atoms with Gasteiger partial charge in [0.15, 0.2) is 0 Å². The third-order valence-corrected chi connectivity index (χ3v) is 8.02. The number of rotatable bonds is 5. The fraction of sp³-hybridized carbons (Fsp3) is 0.278. The van der Waals surface area contributed by atoms with Gasteiger partial charge in [0.05, 0.1) is 0 Å². The highest BCUT2D eigenvalue weighted by Gasteiger charge is 2.29. The number of nitrogens with one attached hydrogen (secondary N) is 1.